The van der Waals surface area contributed by atoms with Crippen molar-refractivity contribution in [3.05, 3.63) is 86.4 Å². The Bertz CT molecular complexity index is 1490. The Kier molecular flexibility index (Phi) is 9.61. The van der Waals surface area contributed by atoms with Crippen LogP contribution in [0, 0.1) is 18.3 Å². The predicted octanol–water partition coefficient (Wildman–Crippen LogP) is 7.00. The van der Waals surface area contributed by atoms with Crippen LogP contribution in [0.3, 0.4) is 0 Å². The third-order valence-corrected chi connectivity index (χ3v) is 6.18. The van der Waals surface area contributed by atoms with Gasteiger partial charge in [-0.2, -0.15) is 18.4 Å². The third kappa shape index (κ3) is 7.99. The monoisotopic (exact) mass is 621 g/mol. The molecule has 3 aromatic rings. The van der Waals surface area contributed by atoms with E-state index in [0.29, 0.717) is 20.7 Å². The summed E-state index contributed by atoms with van der Waals surface area (Å²) >= 11 is 9.41. The summed E-state index contributed by atoms with van der Waals surface area (Å²) in [6, 6.07) is 13.8. The van der Waals surface area contributed by atoms with E-state index in [1.165, 1.54) is 31.4 Å². The lowest BCUT2D eigenvalue weighted by atomic mass is 10.1. The highest BCUT2D eigenvalue weighted by atomic mass is 79.9. The Morgan fingerprint density at radius 1 is 1.10 bits per heavy atom. The molecule has 0 spiro atoms. The first-order valence-corrected chi connectivity index (χ1v) is 12.2. The minimum atomic E-state index is -4.59. The number of amides is 2. The van der Waals surface area contributed by atoms with Crippen LogP contribution in [0.15, 0.2) is 64.6 Å². The summed E-state index contributed by atoms with van der Waals surface area (Å²) in [6.07, 6.45) is -3.36. The van der Waals surface area contributed by atoms with Crippen LogP contribution in [-0.2, 0) is 15.8 Å². The van der Waals surface area contributed by atoms with Crippen LogP contribution in [0.2, 0.25) is 5.02 Å². The van der Waals surface area contributed by atoms with Crippen molar-refractivity contribution < 1.29 is 32.2 Å². The number of carbonyl (C=O) groups excluding carboxylic acids is 2. The summed E-state index contributed by atoms with van der Waals surface area (Å²) in [5.74, 6) is -0.970. The molecule has 2 amide bonds. The molecule has 0 unspecified atom stereocenters. The van der Waals surface area contributed by atoms with Gasteiger partial charge in [-0.05, 0) is 82.5 Å². The second-order valence-electron chi connectivity index (χ2n) is 8.04. The molecule has 0 aromatic heterocycles. The van der Waals surface area contributed by atoms with Gasteiger partial charge < -0.3 is 20.1 Å². The van der Waals surface area contributed by atoms with Crippen LogP contribution >= 0.6 is 27.5 Å². The number of anilines is 2. The largest absolute Gasteiger partial charge is 0.493 e. The van der Waals surface area contributed by atoms with Gasteiger partial charge in [-0.1, -0.05) is 23.7 Å². The van der Waals surface area contributed by atoms with Gasteiger partial charge in [-0.3, -0.25) is 9.59 Å². The molecule has 39 heavy (non-hydrogen) atoms. The fourth-order valence-corrected chi connectivity index (χ4v) is 4.01. The minimum Gasteiger partial charge on any atom is -0.493 e. The van der Waals surface area contributed by atoms with E-state index in [4.69, 9.17) is 21.1 Å². The van der Waals surface area contributed by atoms with E-state index in [-0.39, 0.29) is 29.4 Å². The molecule has 0 atom stereocenters. The molecular weight excluding hydrogens is 603 g/mol. The molecule has 0 saturated heterocycles. The van der Waals surface area contributed by atoms with Crippen LogP contribution in [0.4, 0.5) is 24.5 Å². The average Bonchev–Trinajstić information content (AvgIpc) is 2.88. The van der Waals surface area contributed by atoms with Crippen molar-refractivity contribution in [3.8, 4) is 17.6 Å². The molecule has 0 aliphatic rings. The number of nitrogens with one attached hydrogen (secondary N) is 2. The number of hydrogen-bond acceptors (Lipinski definition) is 5. The maximum Gasteiger partial charge on any atom is 0.416 e. The van der Waals surface area contributed by atoms with Crippen LogP contribution in [0.25, 0.3) is 6.08 Å². The second kappa shape index (κ2) is 12.7. The minimum absolute atomic E-state index is 0.121. The quantitative estimate of drug-likeness (QED) is 0.208. The smallest absolute Gasteiger partial charge is 0.416 e. The average molecular weight is 623 g/mol. The molecule has 0 saturated carbocycles. The van der Waals surface area contributed by atoms with Gasteiger partial charge in [0.05, 0.1) is 17.1 Å². The molecule has 0 aliphatic carbocycles. The van der Waals surface area contributed by atoms with Crippen molar-refractivity contribution in [3.63, 3.8) is 0 Å². The van der Waals surface area contributed by atoms with Gasteiger partial charge in [0.1, 0.15) is 11.6 Å². The van der Waals surface area contributed by atoms with E-state index in [2.05, 4.69) is 26.6 Å². The van der Waals surface area contributed by atoms with E-state index in [0.717, 1.165) is 23.8 Å². The molecule has 0 bridgehead atoms. The highest BCUT2D eigenvalue weighted by Gasteiger charge is 2.30. The zero-order valence-electron chi connectivity index (χ0n) is 20.5. The number of hydrogen-bond donors (Lipinski definition) is 2. The fourth-order valence-electron chi connectivity index (χ4n) is 3.26. The number of benzene rings is 3. The number of aryl methyl sites for hydroxylation is 1. The number of alkyl halides is 3. The maximum absolute atomic E-state index is 13.0. The third-order valence-electron chi connectivity index (χ3n) is 5.18. The first-order valence-electron chi connectivity index (χ1n) is 11.1. The predicted molar refractivity (Wildman–Crippen MR) is 145 cm³/mol. The van der Waals surface area contributed by atoms with Crippen LogP contribution in [-0.4, -0.2) is 25.5 Å². The van der Waals surface area contributed by atoms with Gasteiger partial charge in [0.25, 0.3) is 11.8 Å². The van der Waals surface area contributed by atoms with E-state index in [1.54, 1.807) is 24.3 Å². The summed E-state index contributed by atoms with van der Waals surface area (Å²) in [7, 11) is 1.36. The van der Waals surface area contributed by atoms with Gasteiger partial charge in [-0.15, -0.1) is 0 Å². The summed E-state index contributed by atoms with van der Waals surface area (Å²) in [5.41, 5.74) is 0.277. The molecule has 202 valence electrons. The topological polar surface area (TPSA) is 100 Å². The van der Waals surface area contributed by atoms with E-state index in [1.807, 2.05) is 6.92 Å². The Hall–Kier alpha value is -4.01. The zero-order valence-corrected chi connectivity index (χ0v) is 22.8. The highest BCUT2D eigenvalue weighted by molar-refractivity contribution is 9.10. The van der Waals surface area contributed by atoms with Crippen molar-refractivity contribution in [2.45, 2.75) is 13.1 Å². The highest BCUT2D eigenvalue weighted by Crippen LogP contribution is 2.37. The second-order valence-corrected chi connectivity index (χ2v) is 9.30. The van der Waals surface area contributed by atoms with Gasteiger partial charge in [0.15, 0.2) is 18.1 Å². The standard InChI is InChI=1S/C27H20BrClF3N3O4/c1-15-6-7-20(12-22(15)29)34-24(36)14-39-25-21(28)9-16(10-23(25)38-2)8-17(13-33)26(37)35-19-5-3-4-18(11-19)27(30,31)32/h3-12H,14H2,1-2H3,(H,34,36)(H,35,37)/b17-8+. The lowest BCUT2D eigenvalue weighted by Gasteiger charge is -2.14. The summed E-state index contributed by atoms with van der Waals surface area (Å²) in [6.45, 7) is 1.47. The summed E-state index contributed by atoms with van der Waals surface area (Å²) in [4.78, 5) is 24.9. The zero-order chi connectivity index (χ0) is 28.7. The van der Waals surface area contributed by atoms with Crippen molar-refractivity contribution in [1.29, 1.82) is 5.26 Å². The number of nitriles is 1. The van der Waals surface area contributed by atoms with E-state index >= 15 is 0 Å². The van der Waals surface area contributed by atoms with Crippen molar-refractivity contribution in [2.24, 2.45) is 0 Å². The number of ether oxygens (including phenoxy) is 2. The summed E-state index contributed by atoms with van der Waals surface area (Å²) in [5, 5.41) is 14.9. The Balaban J connectivity index is 1.74. The van der Waals surface area contributed by atoms with Crippen molar-refractivity contribution in [2.75, 3.05) is 24.4 Å². The van der Waals surface area contributed by atoms with Gasteiger partial charge in [0.2, 0.25) is 0 Å². The van der Waals surface area contributed by atoms with Crippen LogP contribution < -0.4 is 20.1 Å². The molecular formula is C27H20BrClF3N3O4. The Morgan fingerprint density at radius 2 is 1.82 bits per heavy atom. The molecule has 12 heteroatoms. The summed E-state index contributed by atoms with van der Waals surface area (Å²) < 4.78 is 50.2. The van der Waals surface area contributed by atoms with E-state index in [9.17, 15) is 28.0 Å². The Labute approximate surface area is 235 Å². The molecule has 0 fully saturated rings. The van der Waals surface area contributed by atoms with Gasteiger partial charge >= 0.3 is 6.18 Å². The number of rotatable bonds is 8. The van der Waals surface area contributed by atoms with Crippen molar-refractivity contribution in [1.82, 2.24) is 0 Å². The SMILES string of the molecule is COc1cc(/C=C(\C#N)C(=O)Nc2cccc(C(F)(F)F)c2)cc(Br)c1OCC(=O)Nc1ccc(C)c(Cl)c1. The van der Waals surface area contributed by atoms with Crippen LogP contribution in [0.5, 0.6) is 11.5 Å². The molecule has 0 aliphatic heterocycles. The normalized spacial score (nSPS) is 11.4. The lowest BCUT2D eigenvalue weighted by molar-refractivity contribution is -0.137. The van der Waals surface area contributed by atoms with Gasteiger partial charge in [-0.25, -0.2) is 0 Å². The molecule has 0 radical (unpaired) electrons. The lowest BCUT2D eigenvalue weighted by Crippen LogP contribution is -2.20. The van der Waals surface area contributed by atoms with E-state index < -0.39 is 23.6 Å². The first kappa shape index (κ1) is 29.5. The maximum atomic E-state index is 13.0. The molecule has 2 N–H and O–H groups in total. The number of carbonyl (C=O) groups is 2. The van der Waals surface area contributed by atoms with Crippen LogP contribution in [0.1, 0.15) is 16.7 Å². The molecule has 3 rings (SSSR count). The number of nitrogens with zero attached hydrogens (tertiary/aromatic N) is 1. The molecule has 0 heterocycles. The first-order chi connectivity index (χ1) is 18.4. The number of methoxy groups -OCH3 is 1. The molecule has 7 nitrogen and oxygen atoms in total. The molecule has 3 aromatic carbocycles. The number of halogens is 5. The fraction of sp³-hybridized carbons (Fsp3) is 0.148. The van der Waals surface area contributed by atoms with Gasteiger partial charge in [0, 0.05) is 16.4 Å². The Morgan fingerprint density at radius 3 is 2.46 bits per heavy atom. The van der Waals surface area contributed by atoms with Crippen molar-refractivity contribution >= 4 is 56.8 Å².